The molecule has 2 aromatic rings. The molecule has 0 atom stereocenters. The van der Waals surface area contributed by atoms with Crippen molar-refractivity contribution in [1.82, 2.24) is 4.98 Å². The van der Waals surface area contributed by atoms with Gasteiger partial charge in [0.2, 0.25) is 3.24 Å². The van der Waals surface area contributed by atoms with E-state index in [0.717, 1.165) is 10.2 Å². The van der Waals surface area contributed by atoms with Crippen molar-refractivity contribution in [2.45, 2.75) is 3.24 Å². The first kappa shape index (κ1) is 9.71. The van der Waals surface area contributed by atoms with Crippen molar-refractivity contribution in [3.63, 3.8) is 0 Å². The van der Waals surface area contributed by atoms with E-state index < -0.39 is 3.24 Å². The molecule has 0 aliphatic carbocycles. The summed E-state index contributed by atoms with van der Waals surface area (Å²) < 4.78 is 0.0130. The van der Waals surface area contributed by atoms with Crippen molar-refractivity contribution in [2.75, 3.05) is 0 Å². The number of para-hydroxylation sites is 1. The zero-order valence-corrected chi connectivity index (χ0v) is 10.2. The summed E-state index contributed by atoms with van der Waals surface area (Å²) in [5, 5.41) is 0.664. The van der Waals surface area contributed by atoms with E-state index in [-0.39, 0.29) is 0 Å². The molecule has 1 aromatic carbocycles. The van der Waals surface area contributed by atoms with Crippen LogP contribution in [0.1, 0.15) is 5.01 Å². The average molecular weight is 297 g/mol. The molecule has 0 saturated heterocycles. The van der Waals surface area contributed by atoms with Gasteiger partial charge in [-0.1, -0.05) is 35.3 Å². The highest BCUT2D eigenvalue weighted by molar-refractivity contribution is 9.10. The molecular weight excluding hydrogens is 293 g/mol. The van der Waals surface area contributed by atoms with Gasteiger partial charge in [0.15, 0.2) is 0 Å². The molecule has 13 heavy (non-hydrogen) atoms. The minimum absolute atomic E-state index is 0.664. The number of alkyl halides is 3. The van der Waals surface area contributed by atoms with Gasteiger partial charge >= 0.3 is 0 Å². The van der Waals surface area contributed by atoms with Crippen LogP contribution in [-0.4, -0.2) is 4.98 Å². The highest BCUT2D eigenvalue weighted by atomic mass is 79.9. The summed E-state index contributed by atoms with van der Waals surface area (Å²) in [6.07, 6.45) is 0. The van der Waals surface area contributed by atoms with Gasteiger partial charge in [0.1, 0.15) is 5.01 Å². The Morgan fingerprint density at radius 1 is 1.31 bits per heavy atom. The molecule has 0 unspecified atom stereocenters. The van der Waals surface area contributed by atoms with Crippen molar-refractivity contribution >= 4 is 60.7 Å². The van der Waals surface area contributed by atoms with Gasteiger partial charge in [0, 0.05) is 0 Å². The molecule has 0 aliphatic rings. The lowest BCUT2D eigenvalue weighted by Crippen LogP contribution is -1.96. The summed E-state index contributed by atoms with van der Waals surface area (Å²) in [5.74, 6) is 0. The second-order valence-electron chi connectivity index (χ2n) is 2.48. The van der Waals surface area contributed by atoms with Crippen LogP contribution in [0, 0.1) is 0 Å². The first-order valence-corrected chi connectivity index (χ1v) is 5.87. The summed E-state index contributed by atoms with van der Waals surface area (Å²) in [7, 11) is 0. The van der Waals surface area contributed by atoms with E-state index >= 15 is 0 Å². The van der Waals surface area contributed by atoms with Crippen molar-refractivity contribution in [1.29, 1.82) is 0 Å². The number of halogens is 3. The summed E-state index contributed by atoms with van der Waals surface area (Å²) in [6, 6.07) is 7.82. The van der Waals surface area contributed by atoms with E-state index in [1.54, 1.807) is 0 Å². The Labute approximate surface area is 97.8 Å². The lowest BCUT2D eigenvalue weighted by Gasteiger charge is -2.04. The molecule has 1 aromatic heterocycles. The molecule has 0 fully saturated rings. The zero-order valence-electron chi connectivity index (χ0n) is 6.30. The molecule has 0 bridgehead atoms. The normalized spacial score (nSPS) is 12.2. The fourth-order valence-electron chi connectivity index (χ4n) is 0.993. The number of aromatic nitrogens is 1. The van der Waals surface area contributed by atoms with Gasteiger partial charge in [-0.25, -0.2) is 4.98 Å². The molecule has 0 saturated carbocycles. The number of rotatable bonds is 1. The van der Waals surface area contributed by atoms with Crippen LogP contribution in [0.2, 0.25) is 0 Å². The van der Waals surface area contributed by atoms with Crippen molar-refractivity contribution in [3.05, 3.63) is 29.3 Å². The van der Waals surface area contributed by atoms with Gasteiger partial charge in [0.25, 0.3) is 0 Å². The largest absolute Gasteiger partial charge is 0.237 e. The second kappa shape index (κ2) is 3.39. The Hall–Kier alpha value is 0.170. The molecule has 1 heterocycles. The average Bonchev–Trinajstić information content (AvgIpc) is 2.45. The van der Waals surface area contributed by atoms with Crippen molar-refractivity contribution in [2.24, 2.45) is 0 Å². The standard InChI is InChI=1S/C8H4BrCl2NS/c9-8(10,11)7-12-5-3-1-2-4-6(5)13-7/h1-4H. The molecule has 1 nitrogen and oxygen atoms in total. The Morgan fingerprint density at radius 2 is 2.00 bits per heavy atom. The van der Waals surface area contributed by atoms with E-state index in [9.17, 15) is 0 Å². The Kier molecular flexibility index (Phi) is 2.53. The quantitative estimate of drug-likeness (QED) is 0.716. The highest BCUT2D eigenvalue weighted by Crippen LogP contribution is 2.43. The van der Waals surface area contributed by atoms with E-state index in [0.29, 0.717) is 5.01 Å². The van der Waals surface area contributed by atoms with Crippen LogP contribution in [0.3, 0.4) is 0 Å². The lowest BCUT2D eigenvalue weighted by molar-refractivity contribution is 1.22. The number of thiazole rings is 1. The third kappa shape index (κ3) is 1.99. The topological polar surface area (TPSA) is 12.9 Å². The van der Waals surface area contributed by atoms with E-state index in [1.165, 1.54) is 11.3 Å². The predicted octanol–water partition coefficient (Wildman–Crippen LogP) is 4.28. The number of nitrogens with zero attached hydrogens (tertiary/aromatic N) is 1. The molecule has 0 spiro atoms. The van der Waals surface area contributed by atoms with Crippen LogP contribution >= 0.6 is 50.5 Å². The van der Waals surface area contributed by atoms with Crippen LogP contribution in [0.4, 0.5) is 0 Å². The Bertz CT molecular complexity index is 402. The van der Waals surface area contributed by atoms with Crippen molar-refractivity contribution < 1.29 is 0 Å². The minimum atomic E-state index is -1.07. The third-order valence-electron chi connectivity index (χ3n) is 1.54. The van der Waals surface area contributed by atoms with Gasteiger partial charge < -0.3 is 0 Å². The Balaban J connectivity index is 2.63. The lowest BCUT2D eigenvalue weighted by atomic mass is 10.3. The third-order valence-corrected chi connectivity index (χ3v) is 3.91. The van der Waals surface area contributed by atoms with Crippen LogP contribution in [-0.2, 0) is 3.24 Å². The van der Waals surface area contributed by atoms with Gasteiger partial charge in [-0.15, -0.1) is 11.3 Å². The summed E-state index contributed by atoms with van der Waals surface area (Å²) in [4.78, 5) is 4.29. The molecule has 0 N–H and O–H groups in total. The van der Waals surface area contributed by atoms with Crippen LogP contribution in [0.15, 0.2) is 24.3 Å². The Morgan fingerprint density at radius 3 is 2.62 bits per heavy atom. The fourth-order valence-corrected chi connectivity index (χ4v) is 2.47. The summed E-state index contributed by atoms with van der Waals surface area (Å²) in [5.41, 5.74) is 0.924. The molecule has 2 rings (SSSR count). The first-order valence-electron chi connectivity index (χ1n) is 3.50. The number of fused-ring (bicyclic) bond motifs is 1. The van der Waals surface area contributed by atoms with Gasteiger partial charge in [-0.2, -0.15) is 0 Å². The molecule has 0 amide bonds. The molecular formula is C8H4BrCl2NS. The van der Waals surface area contributed by atoms with Crippen LogP contribution < -0.4 is 0 Å². The van der Waals surface area contributed by atoms with Gasteiger partial charge in [0.05, 0.1) is 10.2 Å². The number of benzene rings is 1. The van der Waals surface area contributed by atoms with E-state index in [4.69, 9.17) is 23.2 Å². The maximum absolute atomic E-state index is 5.86. The SMILES string of the molecule is ClC(Cl)(Br)c1nc2ccccc2s1. The van der Waals surface area contributed by atoms with Crippen molar-refractivity contribution in [3.8, 4) is 0 Å². The van der Waals surface area contributed by atoms with E-state index in [1.807, 2.05) is 24.3 Å². The van der Waals surface area contributed by atoms with E-state index in [2.05, 4.69) is 20.9 Å². The number of hydrogen-bond acceptors (Lipinski definition) is 2. The predicted molar refractivity (Wildman–Crippen MR) is 61.9 cm³/mol. The monoisotopic (exact) mass is 295 g/mol. The second-order valence-corrected chi connectivity index (χ2v) is 6.95. The fraction of sp³-hybridized carbons (Fsp3) is 0.125. The molecule has 5 heteroatoms. The highest BCUT2D eigenvalue weighted by Gasteiger charge is 2.26. The summed E-state index contributed by atoms with van der Waals surface area (Å²) >= 11 is 16.3. The minimum Gasteiger partial charge on any atom is -0.237 e. The van der Waals surface area contributed by atoms with Gasteiger partial charge in [-0.05, 0) is 28.1 Å². The van der Waals surface area contributed by atoms with Gasteiger partial charge in [-0.3, -0.25) is 0 Å². The first-order chi connectivity index (χ1) is 6.07. The zero-order chi connectivity index (χ0) is 9.47. The van der Waals surface area contributed by atoms with Crippen LogP contribution in [0.5, 0.6) is 0 Å². The molecule has 0 aliphatic heterocycles. The summed E-state index contributed by atoms with van der Waals surface area (Å²) in [6.45, 7) is 0. The smallest absolute Gasteiger partial charge is 0.222 e. The molecule has 68 valence electrons. The number of hydrogen-bond donors (Lipinski definition) is 0. The maximum Gasteiger partial charge on any atom is 0.222 e. The maximum atomic E-state index is 5.86. The molecule has 0 radical (unpaired) electrons. The van der Waals surface area contributed by atoms with Crippen LogP contribution in [0.25, 0.3) is 10.2 Å².